The number of benzene rings is 1. The topological polar surface area (TPSA) is 73.5 Å². The molecule has 2 aliphatic rings. The smallest absolute Gasteiger partial charge is 0.228 e. The maximum Gasteiger partial charge on any atom is 0.228 e. The number of likely N-dealkylation sites (tertiary alicyclic amines) is 1. The van der Waals surface area contributed by atoms with Crippen molar-refractivity contribution in [2.24, 2.45) is 11.3 Å². The summed E-state index contributed by atoms with van der Waals surface area (Å²) >= 11 is 1.72. The summed E-state index contributed by atoms with van der Waals surface area (Å²) in [6.07, 6.45) is 1.34. The molecule has 0 bridgehead atoms. The molecule has 3 atom stereocenters. The Balaban J connectivity index is 1.52. The second-order valence-corrected chi connectivity index (χ2v) is 9.37. The van der Waals surface area contributed by atoms with Crippen molar-refractivity contribution in [3.8, 4) is 10.4 Å². The molecule has 1 aromatic heterocycles. The average Bonchev–Trinajstić information content (AvgIpc) is 3.50. The van der Waals surface area contributed by atoms with Crippen LogP contribution in [-0.4, -0.2) is 48.9 Å². The Morgan fingerprint density at radius 3 is 2.70 bits per heavy atom. The summed E-state index contributed by atoms with van der Waals surface area (Å²) in [6.45, 7) is 6.30. The Bertz CT molecular complexity index is 883. The average molecular weight is 427 g/mol. The number of nitrogens with one attached hydrogen (secondary N) is 3. The van der Waals surface area contributed by atoms with Gasteiger partial charge in [0.2, 0.25) is 11.8 Å². The van der Waals surface area contributed by atoms with Gasteiger partial charge in [-0.05, 0) is 49.3 Å². The van der Waals surface area contributed by atoms with E-state index in [0.717, 1.165) is 5.56 Å². The van der Waals surface area contributed by atoms with Gasteiger partial charge in [0.05, 0.1) is 11.3 Å². The van der Waals surface area contributed by atoms with Crippen LogP contribution in [0.4, 0.5) is 0 Å². The predicted molar refractivity (Wildman–Crippen MR) is 120 cm³/mol. The lowest BCUT2D eigenvalue weighted by atomic mass is 9.79. The fourth-order valence-electron chi connectivity index (χ4n) is 4.58. The summed E-state index contributed by atoms with van der Waals surface area (Å²) in [5, 5.41) is 5.10. The largest absolute Gasteiger partial charge is 0.356 e. The first-order chi connectivity index (χ1) is 14.5. The molecule has 2 aromatic rings. The van der Waals surface area contributed by atoms with Gasteiger partial charge in [-0.1, -0.05) is 30.3 Å². The molecule has 30 heavy (non-hydrogen) atoms. The number of hydrogen-bond acceptors (Lipinski definition) is 5. The number of hydrogen-bond donors (Lipinski definition) is 3. The van der Waals surface area contributed by atoms with Crippen molar-refractivity contribution in [3.63, 3.8) is 0 Å². The molecule has 1 aromatic carbocycles. The van der Waals surface area contributed by atoms with E-state index in [1.807, 2.05) is 18.7 Å². The molecule has 6 nitrogen and oxygen atoms in total. The van der Waals surface area contributed by atoms with Crippen LogP contribution in [0.3, 0.4) is 0 Å². The van der Waals surface area contributed by atoms with Gasteiger partial charge in [0.25, 0.3) is 0 Å². The first-order valence-electron chi connectivity index (χ1n) is 10.7. The monoisotopic (exact) mass is 426 g/mol. The Labute approximate surface area is 182 Å². The fourth-order valence-corrected chi connectivity index (χ4v) is 5.31. The van der Waals surface area contributed by atoms with Crippen molar-refractivity contribution in [3.05, 3.63) is 47.3 Å². The number of hydrazine groups is 1. The second kappa shape index (κ2) is 8.88. The molecule has 0 radical (unpaired) electrons. The minimum Gasteiger partial charge on any atom is -0.356 e. The second-order valence-electron chi connectivity index (χ2n) is 8.42. The molecule has 2 amide bonds. The summed E-state index contributed by atoms with van der Waals surface area (Å²) in [5.74, 6) is 0.109. The molecule has 0 aliphatic carbocycles. The van der Waals surface area contributed by atoms with E-state index in [0.29, 0.717) is 39.0 Å². The van der Waals surface area contributed by atoms with E-state index >= 15 is 0 Å². The molecular weight excluding hydrogens is 396 g/mol. The van der Waals surface area contributed by atoms with E-state index in [-0.39, 0.29) is 23.8 Å². The zero-order valence-corrected chi connectivity index (χ0v) is 18.4. The molecule has 2 saturated heterocycles. The molecular formula is C23H30N4O2S. The predicted octanol–water partition coefficient (Wildman–Crippen LogP) is 2.42. The van der Waals surface area contributed by atoms with Gasteiger partial charge in [-0.2, -0.15) is 0 Å². The van der Waals surface area contributed by atoms with Crippen LogP contribution in [0.15, 0.2) is 41.8 Å². The molecule has 160 valence electrons. The lowest BCUT2D eigenvalue weighted by Crippen LogP contribution is -2.46. The van der Waals surface area contributed by atoms with E-state index in [9.17, 15) is 9.59 Å². The first kappa shape index (κ1) is 21.0. The minimum absolute atomic E-state index is 0.0540. The molecule has 7 heteroatoms. The van der Waals surface area contributed by atoms with Gasteiger partial charge >= 0.3 is 0 Å². The highest BCUT2D eigenvalue weighted by Gasteiger charge is 2.47. The number of carbonyl (C=O) groups is 2. The fraction of sp³-hybridized carbons (Fsp3) is 0.478. The molecule has 2 fully saturated rings. The molecule has 3 unspecified atom stereocenters. The standard InChI is InChI=1S/C23H30N4O2S/c1-3-24-22(29)23(10-11-27(15-23)21(28)19-14-25-26-16(19)2)13-17-6-8-18(9-7-17)20-5-4-12-30-20/h4-9,12,16,19,25-26H,3,10-11,13-15H2,1-2H3,(H,24,29). The summed E-state index contributed by atoms with van der Waals surface area (Å²) in [6, 6.07) is 12.8. The maximum absolute atomic E-state index is 13.1. The highest BCUT2D eigenvalue weighted by atomic mass is 32.1. The van der Waals surface area contributed by atoms with Gasteiger partial charge in [0.15, 0.2) is 0 Å². The molecule has 0 spiro atoms. The first-order valence-corrected chi connectivity index (χ1v) is 11.6. The van der Waals surface area contributed by atoms with Crippen LogP contribution in [0, 0.1) is 11.3 Å². The quantitative estimate of drug-likeness (QED) is 0.663. The van der Waals surface area contributed by atoms with Gasteiger partial charge in [-0.15, -0.1) is 11.3 Å². The van der Waals surface area contributed by atoms with Crippen molar-refractivity contribution >= 4 is 23.2 Å². The summed E-state index contributed by atoms with van der Waals surface area (Å²) in [7, 11) is 0. The third-order valence-electron chi connectivity index (χ3n) is 6.36. The highest BCUT2D eigenvalue weighted by Crippen LogP contribution is 2.36. The highest BCUT2D eigenvalue weighted by molar-refractivity contribution is 7.13. The number of nitrogens with zero attached hydrogens (tertiary/aromatic N) is 1. The van der Waals surface area contributed by atoms with Crippen molar-refractivity contribution in [1.82, 2.24) is 21.1 Å². The van der Waals surface area contributed by atoms with E-state index < -0.39 is 5.41 Å². The van der Waals surface area contributed by atoms with Gasteiger partial charge in [-0.3, -0.25) is 20.4 Å². The lowest BCUT2D eigenvalue weighted by molar-refractivity contribution is -0.136. The van der Waals surface area contributed by atoms with E-state index in [1.54, 1.807) is 11.3 Å². The molecule has 2 aliphatic heterocycles. The van der Waals surface area contributed by atoms with Crippen molar-refractivity contribution in [2.75, 3.05) is 26.2 Å². The van der Waals surface area contributed by atoms with Crippen molar-refractivity contribution in [1.29, 1.82) is 0 Å². The third kappa shape index (κ3) is 4.15. The van der Waals surface area contributed by atoms with E-state index in [2.05, 4.69) is 57.9 Å². The Hall–Kier alpha value is -2.22. The summed E-state index contributed by atoms with van der Waals surface area (Å²) < 4.78 is 0. The van der Waals surface area contributed by atoms with Crippen LogP contribution in [0.25, 0.3) is 10.4 Å². The molecule has 0 saturated carbocycles. The van der Waals surface area contributed by atoms with Crippen molar-refractivity contribution in [2.45, 2.75) is 32.7 Å². The van der Waals surface area contributed by atoms with Crippen molar-refractivity contribution < 1.29 is 9.59 Å². The number of thiophene rings is 1. The Morgan fingerprint density at radius 2 is 2.07 bits per heavy atom. The Kier molecular flexibility index (Phi) is 6.22. The lowest BCUT2D eigenvalue weighted by Gasteiger charge is -2.29. The van der Waals surface area contributed by atoms with Crippen LogP contribution in [0.1, 0.15) is 25.8 Å². The van der Waals surface area contributed by atoms with E-state index in [1.165, 1.54) is 10.4 Å². The van der Waals surface area contributed by atoms with Gasteiger partial charge in [-0.25, -0.2) is 0 Å². The van der Waals surface area contributed by atoms with Crippen LogP contribution >= 0.6 is 11.3 Å². The molecule has 3 N–H and O–H groups in total. The summed E-state index contributed by atoms with van der Waals surface area (Å²) in [4.78, 5) is 29.3. The van der Waals surface area contributed by atoms with E-state index in [4.69, 9.17) is 0 Å². The Morgan fingerprint density at radius 1 is 1.27 bits per heavy atom. The zero-order chi connectivity index (χ0) is 21.1. The van der Waals surface area contributed by atoms with Gasteiger partial charge in [0, 0.05) is 37.1 Å². The normalized spacial score (nSPS) is 26.1. The van der Waals surface area contributed by atoms with Crippen LogP contribution in [0.5, 0.6) is 0 Å². The van der Waals surface area contributed by atoms with Crippen LogP contribution < -0.4 is 16.2 Å². The van der Waals surface area contributed by atoms with Crippen LogP contribution in [0.2, 0.25) is 0 Å². The van der Waals surface area contributed by atoms with Gasteiger partial charge < -0.3 is 10.2 Å². The number of amides is 2. The maximum atomic E-state index is 13.1. The SMILES string of the molecule is CCNC(=O)C1(Cc2ccc(-c3cccs3)cc2)CCN(C(=O)C2CNNC2C)C1. The number of carbonyl (C=O) groups excluding carboxylic acids is 2. The third-order valence-corrected chi connectivity index (χ3v) is 7.28. The van der Waals surface area contributed by atoms with Crippen LogP contribution in [-0.2, 0) is 16.0 Å². The number of rotatable bonds is 6. The molecule has 4 rings (SSSR count). The van der Waals surface area contributed by atoms with Gasteiger partial charge in [0.1, 0.15) is 0 Å². The zero-order valence-electron chi connectivity index (χ0n) is 17.6. The minimum atomic E-state index is -0.571. The summed E-state index contributed by atoms with van der Waals surface area (Å²) in [5.41, 5.74) is 7.95. The molecule has 3 heterocycles.